The molecule has 0 saturated carbocycles. The van der Waals surface area contributed by atoms with Crippen molar-refractivity contribution in [3.8, 4) is 11.5 Å². The lowest BCUT2D eigenvalue weighted by atomic mass is 10.0. The van der Waals surface area contributed by atoms with Gasteiger partial charge in [0.1, 0.15) is 11.5 Å². The van der Waals surface area contributed by atoms with Gasteiger partial charge in [0.2, 0.25) is 0 Å². The van der Waals surface area contributed by atoms with Crippen molar-refractivity contribution in [2.24, 2.45) is 0 Å². The number of nitrogens with zero attached hydrogens (tertiary/aromatic N) is 1. The molecule has 1 aromatic carbocycles. The first kappa shape index (κ1) is 12.4. The van der Waals surface area contributed by atoms with Gasteiger partial charge in [-0.25, -0.2) is 0 Å². The fourth-order valence-electron chi connectivity index (χ4n) is 2.04. The molecule has 0 amide bonds. The van der Waals surface area contributed by atoms with Crippen molar-refractivity contribution in [1.29, 1.82) is 0 Å². The molecule has 0 aliphatic heterocycles. The molecule has 5 nitrogen and oxygen atoms in total. The normalized spacial score (nSPS) is 14.3. The van der Waals surface area contributed by atoms with Crippen molar-refractivity contribution >= 4 is 0 Å². The van der Waals surface area contributed by atoms with Gasteiger partial charge in [-0.15, -0.1) is 0 Å². The minimum Gasteiger partial charge on any atom is -0.507 e. The summed E-state index contributed by atoms with van der Waals surface area (Å²) in [5, 5.41) is 29.5. The molecular weight excluding hydrogens is 230 g/mol. The Balaban J connectivity index is 2.15. The summed E-state index contributed by atoms with van der Waals surface area (Å²) in [5.41, 5.74) is 1.53. The lowest BCUT2D eigenvalue weighted by Crippen LogP contribution is -2.22. The summed E-state index contributed by atoms with van der Waals surface area (Å²) in [7, 11) is 0. The molecule has 2 rings (SSSR count). The minimum absolute atomic E-state index is 0.0674. The van der Waals surface area contributed by atoms with E-state index in [-0.39, 0.29) is 23.6 Å². The van der Waals surface area contributed by atoms with Crippen LogP contribution in [0.3, 0.4) is 0 Å². The van der Waals surface area contributed by atoms with E-state index in [9.17, 15) is 10.2 Å². The lowest BCUT2D eigenvalue weighted by Gasteiger charge is -2.21. The topological polar surface area (TPSA) is 81.2 Å². The first-order valence-electron chi connectivity index (χ1n) is 5.85. The van der Waals surface area contributed by atoms with Gasteiger partial charge in [-0.2, -0.15) is 5.10 Å². The van der Waals surface area contributed by atoms with E-state index in [0.717, 1.165) is 5.56 Å². The molecule has 0 radical (unpaired) electrons. The summed E-state index contributed by atoms with van der Waals surface area (Å²) in [6.45, 7) is 3.89. The fraction of sp³-hybridized carbons (Fsp3) is 0.308. The Kier molecular flexibility index (Phi) is 3.53. The second kappa shape index (κ2) is 5.10. The van der Waals surface area contributed by atoms with Crippen LogP contribution in [0.5, 0.6) is 11.5 Å². The van der Waals surface area contributed by atoms with Crippen LogP contribution >= 0.6 is 0 Å². The number of aromatic hydroxyl groups is 2. The quantitative estimate of drug-likeness (QED) is 0.668. The van der Waals surface area contributed by atoms with Crippen molar-refractivity contribution in [3.63, 3.8) is 0 Å². The Hall–Kier alpha value is -2.01. The number of benzene rings is 1. The molecule has 0 bridgehead atoms. The Bertz CT molecular complexity index is 491. The van der Waals surface area contributed by atoms with Crippen LogP contribution < -0.4 is 5.32 Å². The third-order valence-electron chi connectivity index (χ3n) is 3.01. The number of aromatic amines is 1. The molecule has 1 heterocycles. The number of phenolic OH excluding ortho intramolecular Hbond substituents is 2. The molecule has 0 fully saturated rings. The Morgan fingerprint density at radius 1 is 1.17 bits per heavy atom. The lowest BCUT2D eigenvalue weighted by molar-refractivity contribution is 0.407. The van der Waals surface area contributed by atoms with Gasteiger partial charge in [0.25, 0.3) is 0 Å². The molecule has 2 aromatic rings. The summed E-state index contributed by atoms with van der Waals surface area (Å²) < 4.78 is 0. The molecule has 0 spiro atoms. The van der Waals surface area contributed by atoms with E-state index < -0.39 is 0 Å². The largest absolute Gasteiger partial charge is 0.507 e. The van der Waals surface area contributed by atoms with Gasteiger partial charge in [-0.3, -0.25) is 5.10 Å². The first-order valence-corrected chi connectivity index (χ1v) is 5.85. The number of H-pyrrole nitrogens is 1. The highest BCUT2D eigenvalue weighted by Crippen LogP contribution is 2.33. The van der Waals surface area contributed by atoms with E-state index in [1.165, 1.54) is 0 Å². The van der Waals surface area contributed by atoms with E-state index in [0.29, 0.717) is 5.56 Å². The van der Waals surface area contributed by atoms with Gasteiger partial charge >= 0.3 is 0 Å². The molecule has 4 N–H and O–H groups in total. The van der Waals surface area contributed by atoms with Crippen LogP contribution in [0.4, 0.5) is 0 Å². The number of nitrogens with one attached hydrogen (secondary N) is 2. The molecule has 5 heteroatoms. The standard InChI is InChI=1S/C13H17N3O2/c1-8(10-6-14-15-7-10)16-9(2)13-11(17)4-3-5-12(13)18/h3-9,16-18H,1-2H3,(H,14,15). The maximum absolute atomic E-state index is 9.79. The Morgan fingerprint density at radius 2 is 1.83 bits per heavy atom. The van der Waals surface area contributed by atoms with Gasteiger partial charge < -0.3 is 15.5 Å². The van der Waals surface area contributed by atoms with E-state index in [4.69, 9.17) is 0 Å². The number of rotatable bonds is 4. The molecular formula is C13H17N3O2. The summed E-state index contributed by atoms with van der Waals surface area (Å²) in [6, 6.07) is 4.64. The fourth-order valence-corrected chi connectivity index (χ4v) is 2.04. The summed E-state index contributed by atoms with van der Waals surface area (Å²) in [4.78, 5) is 0. The van der Waals surface area contributed by atoms with Gasteiger partial charge in [0.15, 0.2) is 0 Å². The van der Waals surface area contributed by atoms with Gasteiger partial charge in [0, 0.05) is 23.8 Å². The Labute approximate surface area is 105 Å². The third-order valence-corrected chi connectivity index (χ3v) is 3.01. The maximum atomic E-state index is 9.79. The van der Waals surface area contributed by atoms with E-state index in [1.54, 1.807) is 24.4 Å². The van der Waals surface area contributed by atoms with Crippen LogP contribution in [-0.4, -0.2) is 20.4 Å². The average Bonchev–Trinajstić information content (AvgIpc) is 2.81. The summed E-state index contributed by atoms with van der Waals surface area (Å²) in [5.74, 6) is 0.184. The van der Waals surface area contributed by atoms with Gasteiger partial charge in [-0.1, -0.05) is 6.07 Å². The average molecular weight is 247 g/mol. The highest BCUT2D eigenvalue weighted by atomic mass is 16.3. The molecule has 96 valence electrons. The number of hydrogen-bond acceptors (Lipinski definition) is 4. The van der Waals surface area contributed by atoms with Crippen LogP contribution in [0.15, 0.2) is 30.6 Å². The third kappa shape index (κ3) is 2.46. The van der Waals surface area contributed by atoms with Crippen LogP contribution in [0.2, 0.25) is 0 Å². The van der Waals surface area contributed by atoms with Crippen molar-refractivity contribution in [3.05, 3.63) is 41.7 Å². The summed E-state index contributed by atoms with van der Waals surface area (Å²) in [6.07, 6.45) is 3.56. The predicted octanol–water partition coefficient (Wildman–Crippen LogP) is 2.23. The monoisotopic (exact) mass is 247 g/mol. The van der Waals surface area contributed by atoms with E-state index >= 15 is 0 Å². The number of hydrogen-bond donors (Lipinski definition) is 4. The zero-order valence-electron chi connectivity index (χ0n) is 10.4. The van der Waals surface area contributed by atoms with Crippen molar-refractivity contribution in [1.82, 2.24) is 15.5 Å². The molecule has 2 unspecified atom stereocenters. The molecule has 1 aromatic heterocycles. The Morgan fingerprint density at radius 3 is 2.39 bits per heavy atom. The number of phenols is 2. The SMILES string of the molecule is CC(NC(C)c1c(O)cccc1O)c1cn[nH]c1. The van der Waals surface area contributed by atoms with Crippen LogP contribution in [0.25, 0.3) is 0 Å². The maximum Gasteiger partial charge on any atom is 0.124 e. The van der Waals surface area contributed by atoms with Gasteiger partial charge in [0.05, 0.1) is 11.8 Å². The molecule has 18 heavy (non-hydrogen) atoms. The highest BCUT2D eigenvalue weighted by Gasteiger charge is 2.17. The van der Waals surface area contributed by atoms with E-state index in [2.05, 4.69) is 15.5 Å². The number of aromatic nitrogens is 2. The highest BCUT2D eigenvalue weighted by molar-refractivity contribution is 5.45. The second-order valence-electron chi connectivity index (χ2n) is 4.35. The predicted molar refractivity (Wildman–Crippen MR) is 68.3 cm³/mol. The molecule has 0 aliphatic carbocycles. The zero-order valence-corrected chi connectivity index (χ0v) is 10.4. The minimum atomic E-state index is -0.170. The molecule has 0 saturated heterocycles. The van der Waals surface area contributed by atoms with Crippen molar-refractivity contribution in [2.45, 2.75) is 25.9 Å². The molecule has 2 atom stereocenters. The second-order valence-corrected chi connectivity index (χ2v) is 4.35. The first-order chi connectivity index (χ1) is 8.59. The molecule has 0 aliphatic rings. The summed E-state index contributed by atoms with van der Waals surface area (Å²) >= 11 is 0. The van der Waals surface area contributed by atoms with Crippen LogP contribution in [0, 0.1) is 0 Å². The van der Waals surface area contributed by atoms with E-state index in [1.807, 2.05) is 20.0 Å². The smallest absolute Gasteiger partial charge is 0.124 e. The zero-order chi connectivity index (χ0) is 13.1. The van der Waals surface area contributed by atoms with Crippen LogP contribution in [0.1, 0.15) is 37.1 Å². The van der Waals surface area contributed by atoms with Crippen molar-refractivity contribution < 1.29 is 10.2 Å². The van der Waals surface area contributed by atoms with Crippen molar-refractivity contribution in [2.75, 3.05) is 0 Å². The van der Waals surface area contributed by atoms with Gasteiger partial charge in [-0.05, 0) is 26.0 Å². The van der Waals surface area contributed by atoms with Crippen LogP contribution in [-0.2, 0) is 0 Å².